The van der Waals surface area contributed by atoms with Crippen molar-refractivity contribution < 1.29 is 23.8 Å². The van der Waals surface area contributed by atoms with Gasteiger partial charge in [-0.3, -0.25) is 4.79 Å². The maximum atomic E-state index is 11.7. The standard InChI is InChI=1S/C13H12O5S/c1-16-9-4-7(5-14)10-8(13(15)18-3)6-19-12(10)11(9)17-2/h4-6H,1-3H3. The first-order valence-corrected chi connectivity index (χ1v) is 6.25. The fourth-order valence-corrected chi connectivity index (χ4v) is 2.99. The van der Waals surface area contributed by atoms with Crippen molar-refractivity contribution in [2.75, 3.05) is 21.3 Å². The second kappa shape index (κ2) is 5.27. The minimum atomic E-state index is -0.485. The number of carbonyl (C=O) groups excluding carboxylic acids is 2. The van der Waals surface area contributed by atoms with Crippen molar-refractivity contribution in [3.05, 3.63) is 22.6 Å². The maximum absolute atomic E-state index is 11.7. The highest BCUT2D eigenvalue weighted by Crippen LogP contribution is 2.42. The van der Waals surface area contributed by atoms with E-state index in [4.69, 9.17) is 14.2 Å². The molecule has 2 rings (SSSR count). The molecule has 1 aromatic carbocycles. The predicted octanol–water partition coefficient (Wildman–Crippen LogP) is 2.52. The highest BCUT2D eigenvalue weighted by Gasteiger charge is 2.21. The average molecular weight is 280 g/mol. The van der Waals surface area contributed by atoms with Crippen molar-refractivity contribution in [3.8, 4) is 11.5 Å². The smallest absolute Gasteiger partial charge is 0.339 e. The molecule has 0 bridgehead atoms. The molecule has 0 N–H and O–H groups in total. The zero-order chi connectivity index (χ0) is 14.0. The number of aldehydes is 1. The molecule has 0 fully saturated rings. The van der Waals surface area contributed by atoms with Gasteiger partial charge in [-0.2, -0.15) is 0 Å². The Kier molecular flexibility index (Phi) is 3.71. The molecule has 0 saturated heterocycles. The van der Waals surface area contributed by atoms with Crippen molar-refractivity contribution in [2.24, 2.45) is 0 Å². The van der Waals surface area contributed by atoms with Gasteiger partial charge in [-0.05, 0) is 6.07 Å². The quantitative estimate of drug-likeness (QED) is 0.636. The summed E-state index contributed by atoms with van der Waals surface area (Å²) < 4.78 is 15.9. The van der Waals surface area contributed by atoms with E-state index < -0.39 is 5.97 Å². The van der Waals surface area contributed by atoms with Gasteiger partial charge in [0, 0.05) is 16.3 Å². The third kappa shape index (κ3) is 2.04. The number of esters is 1. The summed E-state index contributed by atoms with van der Waals surface area (Å²) in [5.74, 6) is 0.472. The summed E-state index contributed by atoms with van der Waals surface area (Å²) in [4.78, 5) is 22.9. The van der Waals surface area contributed by atoms with Crippen molar-refractivity contribution >= 4 is 33.7 Å². The summed E-state index contributed by atoms with van der Waals surface area (Å²) in [6.45, 7) is 0. The Morgan fingerprint density at radius 3 is 2.53 bits per heavy atom. The van der Waals surface area contributed by atoms with Gasteiger partial charge in [0.1, 0.15) is 0 Å². The van der Waals surface area contributed by atoms with Gasteiger partial charge < -0.3 is 14.2 Å². The van der Waals surface area contributed by atoms with Crippen molar-refractivity contribution in [1.82, 2.24) is 0 Å². The van der Waals surface area contributed by atoms with Gasteiger partial charge in [0.15, 0.2) is 17.8 Å². The molecule has 0 aliphatic carbocycles. The van der Waals surface area contributed by atoms with Crippen LogP contribution in [0.25, 0.3) is 10.1 Å². The van der Waals surface area contributed by atoms with E-state index in [-0.39, 0.29) is 0 Å². The molecule has 0 aliphatic heterocycles. The SMILES string of the molecule is COC(=O)c1csc2c(OC)c(OC)cc(C=O)c12. The average Bonchev–Trinajstić information content (AvgIpc) is 2.89. The van der Waals surface area contributed by atoms with E-state index in [1.54, 1.807) is 11.4 Å². The first-order chi connectivity index (χ1) is 9.17. The zero-order valence-electron chi connectivity index (χ0n) is 10.7. The van der Waals surface area contributed by atoms with Crippen LogP contribution in [-0.2, 0) is 4.74 Å². The largest absolute Gasteiger partial charge is 0.493 e. The van der Waals surface area contributed by atoms with E-state index in [1.807, 2.05) is 0 Å². The van der Waals surface area contributed by atoms with E-state index in [0.717, 1.165) is 0 Å². The van der Waals surface area contributed by atoms with Gasteiger partial charge >= 0.3 is 5.97 Å². The molecule has 1 heterocycles. The molecule has 6 heteroatoms. The third-order valence-electron chi connectivity index (χ3n) is 2.75. The van der Waals surface area contributed by atoms with Crippen molar-refractivity contribution in [3.63, 3.8) is 0 Å². The number of benzene rings is 1. The maximum Gasteiger partial charge on any atom is 0.339 e. The summed E-state index contributed by atoms with van der Waals surface area (Å²) in [6.07, 6.45) is 0.684. The van der Waals surface area contributed by atoms with Crippen LogP contribution in [-0.4, -0.2) is 33.6 Å². The van der Waals surface area contributed by atoms with Gasteiger partial charge in [0.25, 0.3) is 0 Å². The number of rotatable bonds is 4. The highest BCUT2D eigenvalue weighted by molar-refractivity contribution is 7.18. The molecule has 19 heavy (non-hydrogen) atoms. The van der Waals surface area contributed by atoms with E-state index in [1.165, 1.54) is 32.7 Å². The number of carbonyl (C=O) groups is 2. The number of thiophene rings is 1. The second-order valence-corrected chi connectivity index (χ2v) is 4.54. The van der Waals surface area contributed by atoms with Gasteiger partial charge in [0.2, 0.25) is 0 Å². The number of methoxy groups -OCH3 is 3. The lowest BCUT2D eigenvalue weighted by Crippen LogP contribution is -2.01. The van der Waals surface area contributed by atoms with Crippen LogP contribution in [0.5, 0.6) is 11.5 Å². The Labute approximate surface area is 113 Å². The fourth-order valence-electron chi connectivity index (χ4n) is 1.90. The van der Waals surface area contributed by atoms with Crippen LogP contribution < -0.4 is 9.47 Å². The highest BCUT2D eigenvalue weighted by atomic mass is 32.1. The molecule has 2 aromatic rings. The number of fused-ring (bicyclic) bond motifs is 1. The molecule has 100 valence electrons. The molecule has 0 aliphatic rings. The Balaban J connectivity index is 2.86. The van der Waals surface area contributed by atoms with Gasteiger partial charge in [-0.15, -0.1) is 11.3 Å². The third-order valence-corrected chi connectivity index (χ3v) is 3.73. The monoisotopic (exact) mass is 280 g/mol. The van der Waals surface area contributed by atoms with E-state index in [0.29, 0.717) is 39.0 Å². The first kappa shape index (κ1) is 13.4. The lowest BCUT2D eigenvalue weighted by Gasteiger charge is -2.10. The minimum absolute atomic E-state index is 0.352. The summed E-state index contributed by atoms with van der Waals surface area (Å²) >= 11 is 1.30. The van der Waals surface area contributed by atoms with Gasteiger partial charge in [-0.1, -0.05) is 0 Å². The molecule has 0 radical (unpaired) electrons. The molecular weight excluding hydrogens is 268 g/mol. The lowest BCUT2D eigenvalue weighted by molar-refractivity contribution is 0.0603. The van der Waals surface area contributed by atoms with Crippen LogP contribution in [0.1, 0.15) is 20.7 Å². The fraction of sp³-hybridized carbons (Fsp3) is 0.231. The van der Waals surface area contributed by atoms with Crippen molar-refractivity contribution in [2.45, 2.75) is 0 Å². The Morgan fingerprint density at radius 2 is 2.00 bits per heavy atom. The van der Waals surface area contributed by atoms with Gasteiger partial charge in [0.05, 0.1) is 31.6 Å². The van der Waals surface area contributed by atoms with Crippen LogP contribution in [0.2, 0.25) is 0 Å². The summed E-state index contributed by atoms with van der Waals surface area (Å²) in [5, 5.41) is 2.18. The molecule has 0 spiro atoms. The van der Waals surface area contributed by atoms with Crippen LogP contribution in [0.15, 0.2) is 11.4 Å². The Morgan fingerprint density at radius 1 is 1.26 bits per heavy atom. The van der Waals surface area contributed by atoms with Crippen LogP contribution >= 0.6 is 11.3 Å². The molecule has 0 amide bonds. The molecule has 0 unspecified atom stereocenters. The van der Waals surface area contributed by atoms with Crippen LogP contribution in [0.4, 0.5) is 0 Å². The first-order valence-electron chi connectivity index (χ1n) is 5.37. The predicted molar refractivity (Wildman–Crippen MR) is 71.7 cm³/mol. The minimum Gasteiger partial charge on any atom is -0.493 e. The summed E-state index contributed by atoms with van der Waals surface area (Å²) in [6, 6.07) is 1.55. The zero-order valence-corrected chi connectivity index (χ0v) is 11.5. The van der Waals surface area contributed by atoms with Crippen LogP contribution in [0, 0.1) is 0 Å². The van der Waals surface area contributed by atoms with Crippen molar-refractivity contribution in [1.29, 1.82) is 0 Å². The molecular formula is C13H12O5S. The summed E-state index contributed by atoms with van der Waals surface area (Å²) in [5.41, 5.74) is 0.722. The number of ether oxygens (including phenoxy) is 3. The molecule has 5 nitrogen and oxygen atoms in total. The molecule has 1 aromatic heterocycles. The Hall–Kier alpha value is -2.08. The summed E-state index contributed by atoms with van der Waals surface area (Å²) in [7, 11) is 4.30. The number of hydrogen-bond acceptors (Lipinski definition) is 6. The van der Waals surface area contributed by atoms with Crippen LogP contribution in [0.3, 0.4) is 0 Å². The Bertz CT molecular complexity index is 644. The van der Waals surface area contributed by atoms with E-state index in [2.05, 4.69) is 0 Å². The van der Waals surface area contributed by atoms with E-state index >= 15 is 0 Å². The second-order valence-electron chi connectivity index (χ2n) is 3.66. The number of hydrogen-bond donors (Lipinski definition) is 0. The van der Waals surface area contributed by atoms with Gasteiger partial charge in [-0.25, -0.2) is 4.79 Å². The molecule has 0 saturated carbocycles. The lowest BCUT2D eigenvalue weighted by atomic mass is 10.1. The topological polar surface area (TPSA) is 61.8 Å². The normalized spacial score (nSPS) is 10.3. The molecule has 0 atom stereocenters. The van der Waals surface area contributed by atoms with E-state index in [9.17, 15) is 9.59 Å².